The smallest absolute Gasteiger partial charge is 0.408 e. The van der Waals surface area contributed by atoms with Gasteiger partial charge >= 0.3 is 6.09 Å². The van der Waals surface area contributed by atoms with E-state index in [-0.39, 0.29) is 13.0 Å². The van der Waals surface area contributed by atoms with E-state index in [4.69, 9.17) is 4.74 Å². The van der Waals surface area contributed by atoms with Crippen molar-refractivity contribution < 1.29 is 22.5 Å². The average Bonchev–Trinajstić information content (AvgIpc) is 2.53. The van der Waals surface area contributed by atoms with E-state index in [0.717, 1.165) is 5.56 Å². The molecule has 2 rings (SSSR count). The lowest BCUT2D eigenvalue weighted by atomic mass is 10.1. The van der Waals surface area contributed by atoms with Gasteiger partial charge in [-0.1, -0.05) is 60.7 Å². The lowest BCUT2D eigenvalue weighted by molar-refractivity contribution is 0.138. The van der Waals surface area contributed by atoms with Crippen molar-refractivity contribution in [2.24, 2.45) is 0 Å². The number of carbonyl (C=O) groups is 1. The van der Waals surface area contributed by atoms with Gasteiger partial charge in [0.25, 0.3) is 10.1 Å². The van der Waals surface area contributed by atoms with Crippen molar-refractivity contribution in [3.05, 3.63) is 71.8 Å². The van der Waals surface area contributed by atoms with Gasteiger partial charge in [-0.2, -0.15) is 8.42 Å². The first-order valence-corrected chi connectivity index (χ1v) is 8.43. The normalized spacial score (nSPS) is 12.4. The van der Waals surface area contributed by atoms with Crippen molar-refractivity contribution in [1.82, 2.24) is 5.32 Å². The van der Waals surface area contributed by atoms with Crippen LogP contribution in [0.3, 0.4) is 0 Å². The van der Waals surface area contributed by atoms with E-state index in [1.807, 2.05) is 6.07 Å². The Morgan fingerprint density at radius 3 is 2.04 bits per heavy atom. The van der Waals surface area contributed by atoms with Crippen LogP contribution in [0, 0.1) is 0 Å². The Kier molecular flexibility index (Phi) is 5.72. The minimum absolute atomic E-state index is 0.0101. The molecule has 0 saturated heterocycles. The molecule has 2 aromatic rings. The van der Waals surface area contributed by atoms with E-state index in [9.17, 15) is 17.8 Å². The summed E-state index contributed by atoms with van der Waals surface area (Å²) in [4.78, 5) is 11.8. The van der Waals surface area contributed by atoms with Crippen LogP contribution in [0.1, 0.15) is 11.1 Å². The summed E-state index contributed by atoms with van der Waals surface area (Å²) in [5, 5.41) is 0.712. The summed E-state index contributed by atoms with van der Waals surface area (Å²) in [7, 11) is -4.45. The maximum absolute atomic E-state index is 11.8. The van der Waals surface area contributed by atoms with Gasteiger partial charge in [-0.05, 0) is 11.1 Å². The standard InChI is InChI=1S/C16H17NO5S/c18-16(22-12-14-9-5-2-6-10-14)17-15(23(19,20)21)11-13-7-3-1-4-8-13/h1-10,15H,11-12H2,(H,17,18)(H,19,20,21). The number of carbonyl (C=O) groups excluding carboxylic acids is 1. The second-order valence-electron chi connectivity index (χ2n) is 4.90. The maximum atomic E-state index is 11.8. The van der Waals surface area contributed by atoms with E-state index in [1.165, 1.54) is 0 Å². The van der Waals surface area contributed by atoms with Crippen LogP contribution < -0.4 is 5.32 Å². The zero-order valence-electron chi connectivity index (χ0n) is 12.3. The molecule has 0 heterocycles. The van der Waals surface area contributed by atoms with Crippen molar-refractivity contribution in [3.8, 4) is 0 Å². The summed E-state index contributed by atoms with van der Waals surface area (Å²) in [6.07, 6.45) is -0.965. The number of benzene rings is 2. The lowest BCUT2D eigenvalue weighted by Gasteiger charge is -2.16. The second kappa shape index (κ2) is 7.75. The fourth-order valence-electron chi connectivity index (χ4n) is 1.96. The van der Waals surface area contributed by atoms with E-state index >= 15 is 0 Å². The Balaban J connectivity index is 1.96. The Bertz CT molecular complexity index is 732. The van der Waals surface area contributed by atoms with E-state index in [1.54, 1.807) is 54.6 Å². The first-order chi connectivity index (χ1) is 10.9. The van der Waals surface area contributed by atoms with Crippen LogP contribution in [0.25, 0.3) is 0 Å². The number of hydrogen-bond acceptors (Lipinski definition) is 4. The third kappa shape index (κ3) is 5.72. The molecule has 0 bridgehead atoms. The fraction of sp³-hybridized carbons (Fsp3) is 0.188. The molecule has 0 aliphatic heterocycles. The number of rotatable bonds is 6. The first kappa shape index (κ1) is 17.0. The number of alkyl carbamates (subject to hydrolysis) is 1. The topological polar surface area (TPSA) is 92.7 Å². The molecular formula is C16H17NO5S. The molecule has 2 N–H and O–H groups in total. The molecule has 6 nitrogen and oxygen atoms in total. The predicted molar refractivity (Wildman–Crippen MR) is 85.2 cm³/mol. The van der Waals surface area contributed by atoms with Crippen molar-refractivity contribution in [3.63, 3.8) is 0 Å². The van der Waals surface area contributed by atoms with Crippen LogP contribution in [0.5, 0.6) is 0 Å². The highest BCUT2D eigenvalue weighted by Crippen LogP contribution is 2.08. The molecule has 0 saturated carbocycles. The summed E-state index contributed by atoms with van der Waals surface area (Å²) < 4.78 is 37.1. The van der Waals surface area contributed by atoms with Crippen molar-refractivity contribution in [2.45, 2.75) is 18.4 Å². The fourth-order valence-corrected chi connectivity index (χ4v) is 2.60. The SMILES string of the molecule is O=C(NC(Cc1ccccc1)S(=O)(=O)O)OCc1ccccc1. The summed E-state index contributed by atoms with van der Waals surface area (Å²) >= 11 is 0. The largest absolute Gasteiger partial charge is 0.445 e. The predicted octanol–water partition coefficient (Wildman–Crippen LogP) is 2.37. The van der Waals surface area contributed by atoms with Gasteiger partial charge in [-0.3, -0.25) is 4.55 Å². The second-order valence-corrected chi connectivity index (χ2v) is 6.50. The molecular weight excluding hydrogens is 318 g/mol. The molecule has 1 unspecified atom stereocenters. The molecule has 1 amide bonds. The molecule has 0 aromatic heterocycles. The number of ether oxygens (including phenoxy) is 1. The summed E-state index contributed by atoms with van der Waals surface area (Å²) in [6.45, 7) is 0.0101. The van der Waals surface area contributed by atoms with Gasteiger partial charge in [0, 0.05) is 6.42 Å². The highest BCUT2D eigenvalue weighted by Gasteiger charge is 2.26. The highest BCUT2D eigenvalue weighted by molar-refractivity contribution is 7.86. The average molecular weight is 335 g/mol. The highest BCUT2D eigenvalue weighted by atomic mass is 32.2. The molecule has 0 fully saturated rings. The van der Waals surface area contributed by atoms with Gasteiger partial charge in [-0.15, -0.1) is 0 Å². The molecule has 0 aliphatic carbocycles. The lowest BCUT2D eigenvalue weighted by Crippen LogP contribution is -2.42. The summed E-state index contributed by atoms with van der Waals surface area (Å²) in [5.41, 5.74) is 1.44. The van der Waals surface area contributed by atoms with Crippen molar-refractivity contribution >= 4 is 16.2 Å². The Labute approximate surface area is 134 Å². The van der Waals surface area contributed by atoms with Crippen LogP contribution >= 0.6 is 0 Å². The minimum atomic E-state index is -4.45. The van der Waals surface area contributed by atoms with Gasteiger partial charge in [0.2, 0.25) is 0 Å². The first-order valence-electron chi connectivity index (χ1n) is 6.92. The van der Waals surface area contributed by atoms with E-state index in [0.29, 0.717) is 5.56 Å². The van der Waals surface area contributed by atoms with Crippen molar-refractivity contribution in [1.29, 1.82) is 0 Å². The van der Waals surface area contributed by atoms with Gasteiger partial charge in [0.15, 0.2) is 5.37 Å². The zero-order chi connectivity index (χ0) is 16.7. The quantitative estimate of drug-likeness (QED) is 0.791. The van der Waals surface area contributed by atoms with Crippen LogP contribution in [-0.4, -0.2) is 24.4 Å². The van der Waals surface area contributed by atoms with Crippen LogP contribution in [0.15, 0.2) is 60.7 Å². The summed E-state index contributed by atoms with van der Waals surface area (Å²) in [6, 6.07) is 17.7. The van der Waals surface area contributed by atoms with Gasteiger partial charge in [0.1, 0.15) is 6.61 Å². The third-order valence-electron chi connectivity index (χ3n) is 3.12. The molecule has 2 aromatic carbocycles. The molecule has 23 heavy (non-hydrogen) atoms. The Hall–Kier alpha value is -2.38. The van der Waals surface area contributed by atoms with Crippen molar-refractivity contribution in [2.75, 3.05) is 0 Å². The third-order valence-corrected chi connectivity index (χ3v) is 4.12. The Morgan fingerprint density at radius 1 is 1.00 bits per heavy atom. The summed E-state index contributed by atoms with van der Waals surface area (Å²) in [5.74, 6) is 0. The van der Waals surface area contributed by atoms with E-state index < -0.39 is 21.6 Å². The number of hydrogen-bond donors (Lipinski definition) is 2. The van der Waals surface area contributed by atoms with Crippen LogP contribution in [0.4, 0.5) is 4.79 Å². The molecule has 1 atom stereocenters. The van der Waals surface area contributed by atoms with E-state index in [2.05, 4.69) is 5.32 Å². The number of amides is 1. The number of nitrogens with one attached hydrogen (secondary N) is 1. The monoisotopic (exact) mass is 335 g/mol. The molecule has 0 radical (unpaired) electrons. The molecule has 0 aliphatic rings. The zero-order valence-corrected chi connectivity index (χ0v) is 13.1. The minimum Gasteiger partial charge on any atom is -0.445 e. The molecule has 0 spiro atoms. The van der Waals surface area contributed by atoms with Crippen LogP contribution in [-0.2, 0) is 27.9 Å². The maximum Gasteiger partial charge on any atom is 0.408 e. The van der Waals surface area contributed by atoms with Crippen LogP contribution in [0.2, 0.25) is 0 Å². The van der Waals surface area contributed by atoms with Gasteiger partial charge in [0.05, 0.1) is 0 Å². The molecule has 122 valence electrons. The Morgan fingerprint density at radius 2 is 1.52 bits per heavy atom. The van der Waals surface area contributed by atoms with Gasteiger partial charge < -0.3 is 10.1 Å². The van der Waals surface area contributed by atoms with Gasteiger partial charge in [-0.25, -0.2) is 4.79 Å². The molecule has 7 heteroatoms.